The Morgan fingerprint density at radius 1 is 1.23 bits per heavy atom. The topological polar surface area (TPSA) is 95.1 Å². The van der Waals surface area contributed by atoms with Crippen molar-refractivity contribution in [1.29, 1.82) is 0 Å². The second-order valence-electron chi connectivity index (χ2n) is 6.72. The molecule has 0 radical (unpaired) electrons. The molecule has 0 unspecified atom stereocenters. The first kappa shape index (κ1) is 18.3. The molecule has 5 rings (SSSR count). The number of benzene rings is 1. The van der Waals surface area contributed by atoms with Gasteiger partial charge < -0.3 is 9.15 Å². The summed E-state index contributed by atoms with van der Waals surface area (Å²) in [4.78, 5) is 22.4. The minimum Gasteiger partial charge on any atom is -0.494 e. The van der Waals surface area contributed by atoms with Gasteiger partial charge in [0.1, 0.15) is 17.0 Å². The summed E-state index contributed by atoms with van der Waals surface area (Å²) in [6.45, 7) is 1.86. The standard InChI is InChI=1S/C21H17N5O3S/c1-11-17-12(10-13(14-7-5-9-29-14)22-19(17)26(2)25-11)20(27)24-21-23-18-15(28-3)6-4-8-16(18)30-21/h4-10H,1-3H3,(H,23,24,27). The first-order chi connectivity index (χ1) is 14.5. The van der Waals surface area contributed by atoms with Gasteiger partial charge in [-0.1, -0.05) is 17.4 Å². The molecule has 0 aliphatic rings. The SMILES string of the molecule is COc1cccc2sc(NC(=O)c3cc(-c4ccco4)nc4c3c(C)nn4C)nc12. The Labute approximate surface area is 175 Å². The minimum absolute atomic E-state index is 0.288. The zero-order valence-electron chi connectivity index (χ0n) is 16.5. The van der Waals surface area contributed by atoms with Crippen LogP contribution in [0.25, 0.3) is 32.7 Å². The van der Waals surface area contributed by atoms with E-state index in [1.165, 1.54) is 11.3 Å². The predicted octanol–water partition coefficient (Wildman–Crippen LogP) is 4.41. The molecule has 0 fully saturated rings. The number of carbonyl (C=O) groups excluding carboxylic acids is 1. The normalized spacial score (nSPS) is 11.3. The Balaban J connectivity index is 1.61. The lowest BCUT2D eigenvalue weighted by atomic mass is 10.1. The molecule has 0 saturated heterocycles. The molecular weight excluding hydrogens is 402 g/mol. The smallest absolute Gasteiger partial charge is 0.258 e. The van der Waals surface area contributed by atoms with Crippen molar-refractivity contribution in [1.82, 2.24) is 19.7 Å². The van der Waals surface area contributed by atoms with Crippen LogP contribution >= 0.6 is 11.3 Å². The number of aromatic nitrogens is 4. The summed E-state index contributed by atoms with van der Waals surface area (Å²) >= 11 is 1.39. The number of pyridine rings is 1. The average Bonchev–Trinajstić information content (AvgIpc) is 3.46. The van der Waals surface area contributed by atoms with E-state index < -0.39 is 0 Å². The van der Waals surface area contributed by atoms with Crippen LogP contribution in [0.3, 0.4) is 0 Å². The van der Waals surface area contributed by atoms with Crippen molar-refractivity contribution in [3.8, 4) is 17.2 Å². The molecular formula is C21H17N5O3S. The Bertz CT molecular complexity index is 1400. The lowest BCUT2D eigenvalue weighted by Gasteiger charge is -2.07. The first-order valence-corrected chi connectivity index (χ1v) is 10.00. The van der Waals surface area contributed by atoms with Crippen LogP contribution in [-0.4, -0.2) is 32.8 Å². The molecule has 1 N–H and O–H groups in total. The Morgan fingerprint density at radius 3 is 2.87 bits per heavy atom. The Kier molecular flexibility index (Phi) is 4.25. The number of hydrogen-bond donors (Lipinski definition) is 1. The van der Waals surface area contributed by atoms with Gasteiger partial charge in [-0.25, -0.2) is 9.97 Å². The minimum atomic E-state index is -0.288. The zero-order chi connectivity index (χ0) is 20.8. The molecule has 150 valence electrons. The summed E-state index contributed by atoms with van der Waals surface area (Å²) in [5, 5.41) is 8.54. The number of methoxy groups -OCH3 is 1. The summed E-state index contributed by atoms with van der Waals surface area (Å²) < 4.78 is 13.4. The summed E-state index contributed by atoms with van der Waals surface area (Å²) in [6, 6.07) is 11.0. The number of carbonyl (C=O) groups is 1. The number of para-hydroxylation sites is 1. The van der Waals surface area contributed by atoms with Gasteiger partial charge in [-0.15, -0.1) is 0 Å². The van der Waals surface area contributed by atoms with Crippen LogP contribution in [0.15, 0.2) is 47.1 Å². The predicted molar refractivity (Wildman–Crippen MR) is 115 cm³/mol. The quantitative estimate of drug-likeness (QED) is 0.464. The number of nitrogens with zero attached hydrogens (tertiary/aromatic N) is 4. The molecule has 4 heterocycles. The number of nitrogens with one attached hydrogen (secondary N) is 1. The summed E-state index contributed by atoms with van der Waals surface area (Å²) in [5.74, 6) is 0.956. The van der Waals surface area contributed by atoms with Crippen LogP contribution < -0.4 is 10.1 Å². The number of fused-ring (bicyclic) bond motifs is 2. The molecule has 8 nitrogen and oxygen atoms in total. The van der Waals surface area contributed by atoms with E-state index in [1.54, 1.807) is 43.3 Å². The molecule has 5 aromatic rings. The highest BCUT2D eigenvalue weighted by Crippen LogP contribution is 2.33. The van der Waals surface area contributed by atoms with Crippen LogP contribution in [-0.2, 0) is 7.05 Å². The summed E-state index contributed by atoms with van der Waals surface area (Å²) in [5.41, 5.74) is 3.07. The molecule has 0 atom stereocenters. The summed E-state index contributed by atoms with van der Waals surface area (Å²) in [6.07, 6.45) is 1.57. The first-order valence-electron chi connectivity index (χ1n) is 9.18. The lowest BCUT2D eigenvalue weighted by Crippen LogP contribution is -2.13. The van der Waals surface area contributed by atoms with Crippen molar-refractivity contribution >= 4 is 43.6 Å². The number of ether oxygens (including phenoxy) is 1. The number of rotatable bonds is 4. The van der Waals surface area contributed by atoms with Gasteiger partial charge in [-0.2, -0.15) is 5.10 Å². The van der Waals surface area contributed by atoms with Gasteiger partial charge in [-0.3, -0.25) is 14.8 Å². The van der Waals surface area contributed by atoms with E-state index in [2.05, 4.69) is 20.4 Å². The van der Waals surface area contributed by atoms with Gasteiger partial charge >= 0.3 is 0 Å². The molecule has 0 spiro atoms. The van der Waals surface area contributed by atoms with Crippen molar-refractivity contribution in [3.05, 3.63) is 53.9 Å². The Hall–Kier alpha value is -3.72. The molecule has 0 bridgehead atoms. The maximum absolute atomic E-state index is 13.3. The van der Waals surface area contributed by atoms with Crippen molar-refractivity contribution in [2.24, 2.45) is 7.05 Å². The number of amides is 1. The van der Waals surface area contributed by atoms with Gasteiger partial charge in [0.05, 0.1) is 34.7 Å². The molecule has 0 aliphatic carbocycles. The van der Waals surface area contributed by atoms with Gasteiger partial charge in [0.25, 0.3) is 5.91 Å². The largest absolute Gasteiger partial charge is 0.494 e. The second-order valence-corrected chi connectivity index (χ2v) is 7.75. The van der Waals surface area contributed by atoms with Crippen LogP contribution in [0.1, 0.15) is 16.1 Å². The zero-order valence-corrected chi connectivity index (χ0v) is 17.3. The van der Waals surface area contributed by atoms with Crippen LogP contribution in [0.5, 0.6) is 5.75 Å². The summed E-state index contributed by atoms with van der Waals surface area (Å²) in [7, 11) is 3.40. The number of hydrogen-bond acceptors (Lipinski definition) is 7. The molecule has 9 heteroatoms. The van der Waals surface area contributed by atoms with E-state index in [1.807, 2.05) is 25.1 Å². The monoisotopic (exact) mass is 419 g/mol. The number of thiazole rings is 1. The van der Waals surface area contributed by atoms with E-state index in [9.17, 15) is 4.79 Å². The second kappa shape index (κ2) is 6.96. The molecule has 1 aromatic carbocycles. The van der Waals surface area contributed by atoms with Gasteiger partial charge in [-0.05, 0) is 37.3 Å². The average molecular weight is 419 g/mol. The third-order valence-electron chi connectivity index (χ3n) is 4.81. The van der Waals surface area contributed by atoms with Gasteiger partial charge in [0, 0.05) is 7.05 Å². The van der Waals surface area contributed by atoms with Crippen LogP contribution in [0.4, 0.5) is 5.13 Å². The highest BCUT2D eigenvalue weighted by Gasteiger charge is 2.21. The fourth-order valence-corrected chi connectivity index (χ4v) is 4.36. The van der Waals surface area contributed by atoms with E-state index in [-0.39, 0.29) is 5.91 Å². The maximum Gasteiger partial charge on any atom is 0.258 e. The van der Waals surface area contributed by atoms with Crippen molar-refractivity contribution in [3.63, 3.8) is 0 Å². The van der Waals surface area contributed by atoms with Crippen molar-refractivity contribution in [2.75, 3.05) is 12.4 Å². The van der Waals surface area contributed by atoms with Crippen molar-refractivity contribution in [2.45, 2.75) is 6.92 Å². The fraction of sp³-hybridized carbons (Fsp3) is 0.143. The van der Waals surface area contributed by atoms with E-state index >= 15 is 0 Å². The third kappa shape index (κ3) is 2.91. The number of aryl methyl sites for hydroxylation is 2. The fourth-order valence-electron chi connectivity index (χ4n) is 3.48. The highest BCUT2D eigenvalue weighted by atomic mass is 32.1. The molecule has 4 aromatic heterocycles. The lowest BCUT2D eigenvalue weighted by molar-refractivity contribution is 0.102. The van der Waals surface area contributed by atoms with E-state index in [4.69, 9.17) is 9.15 Å². The Morgan fingerprint density at radius 2 is 2.10 bits per heavy atom. The molecule has 0 saturated carbocycles. The molecule has 0 aliphatic heterocycles. The number of anilines is 1. The van der Waals surface area contributed by atoms with E-state index in [0.29, 0.717) is 44.4 Å². The van der Waals surface area contributed by atoms with Crippen LogP contribution in [0.2, 0.25) is 0 Å². The third-order valence-corrected chi connectivity index (χ3v) is 5.75. The van der Waals surface area contributed by atoms with Gasteiger partial charge in [0.15, 0.2) is 16.5 Å². The highest BCUT2D eigenvalue weighted by molar-refractivity contribution is 7.22. The van der Waals surface area contributed by atoms with Crippen molar-refractivity contribution < 1.29 is 13.9 Å². The van der Waals surface area contributed by atoms with Crippen LogP contribution in [0, 0.1) is 6.92 Å². The molecule has 30 heavy (non-hydrogen) atoms. The number of furan rings is 1. The van der Waals surface area contributed by atoms with E-state index in [0.717, 1.165) is 10.4 Å². The molecule has 1 amide bonds. The maximum atomic E-state index is 13.3. The van der Waals surface area contributed by atoms with Gasteiger partial charge in [0.2, 0.25) is 0 Å².